The van der Waals surface area contributed by atoms with Crippen molar-refractivity contribution in [3.05, 3.63) is 71.8 Å². The molecule has 2 amide bonds. The van der Waals surface area contributed by atoms with Crippen LogP contribution in [0, 0.1) is 0 Å². The van der Waals surface area contributed by atoms with Crippen LogP contribution in [0.2, 0.25) is 0 Å². The molecule has 0 unspecified atom stereocenters. The SMILES string of the molecule is CC(C)(C)OC(=O)N1[C@H](/C=C2/C(=O)N(Cc3ccccc3)c3ccccc32)COC1(C)C. The van der Waals surface area contributed by atoms with Crippen molar-refractivity contribution in [2.75, 3.05) is 11.5 Å². The number of hydrogen-bond acceptors (Lipinski definition) is 4. The molecule has 4 rings (SSSR count). The zero-order chi connectivity index (χ0) is 23.1. The number of carbonyl (C=O) groups excluding carboxylic acids is 2. The van der Waals surface area contributed by atoms with Crippen LogP contribution in [0.5, 0.6) is 0 Å². The summed E-state index contributed by atoms with van der Waals surface area (Å²) in [6.07, 6.45) is 1.40. The number of amides is 2. The van der Waals surface area contributed by atoms with Crippen molar-refractivity contribution in [3.63, 3.8) is 0 Å². The van der Waals surface area contributed by atoms with Crippen LogP contribution in [-0.4, -0.2) is 40.9 Å². The second-order valence-electron chi connectivity index (χ2n) is 9.65. The third-order valence-electron chi connectivity index (χ3n) is 5.61. The van der Waals surface area contributed by atoms with Gasteiger partial charge in [0.2, 0.25) is 0 Å². The topological polar surface area (TPSA) is 59.1 Å². The largest absolute Gasteiger partial charge is 0.444 e. The van der Waals surface area contributed by atoms with Gasteiger partial charge in [0, 0.05) is 11.1 Å². The van der Waals surface area contributed by atoms with E-state index in [0.29, 0.717) is 18.7 Å². The maximum absolute atomic E-state index is 13.5. The summed E-state index contributed by atoms with van der Waals surface area (Å²) in [5.41, 5.74) is 1.90. The van der Waals surface area contributed by atoms with Gasteiger partial charge in [-0.05, 0) is 52.3 Å². The molecule has 0 bridgehead atoms. The number of para-hydroxylation sites is 1. The quantitative estimate of drug-likeness (QED) is 0.639. The van der Waals surface area contributed by atoms with Crippen LogP contribution in [0.25, 0.3) is 5.57 Å². The summed E-state index contributed by atoms with van der Waals surface area (Å²) in [5.74, 6) is -0.0797. The number of ether oxygens (including phenoxy) is 2. The van der Waals surface area contributed by atoms with E-state index >= 15 is 0 Å². The van der Waals surface area contributed by atoms with E-state index in [2.05, 4.69) is 0 Å². The predicted octanol–water partition coefficient (Wildman–Crippen LogP) is 4.99. The van der Waals surface area contributed by atoms with Crippen LogP contribution < -0.4 is 4.90 Å². The van der Waals surface area contributed by atoms with E-state index in [9.17, 15) is 9.59 Å². The summed E-state index contributed by atoms with van der Waals surface area (Å²) in [5, 5.41) is 0. The van der Waals surface area contributed by atoms with Gasteiger partial charge in [-0.15, -0.1) is 0 Å². The molecule has 0 aromatic heterocycles. The van der Waals surface area contributed by atoms with E-state index < -0.39 is 23.5 Å². The van der Waals surface area contributed by atoms with Gasteiger partial charge in [-0.25, -0.2) is 4.79 Å². The molecule has 2 aliphatic heterocycles. The second kappa shape index (κ2) is 8.10. The van der Waals surface area contributed by atoms with Gasteiger partial charge in [-0.3, -0.25) is 9.69 Å². The first kappa shape index (κ1) is 22.1. The van der Waals surface area contributed by atoms with Gasteiger partial charge in [0.25, 0.3) is 5.91 Å². The molecular weight excluding hydrogens is 404 g/mol. The molecular formula is C26H30N2O4. The van der Waals surface area contributed by atoms with Gasteiger partial charge in [0.1, 0.15) is 11.3 Å². The van der Waals surface area contributed by atoms with E-state index in [1.165, 1.54) is 0 Å². The van der Waals surface area contributed by atoms with Crippen molar-refractivity contribution in [3.8, 4) is 0 Å². The van der Waals surface area contributed by atoms with E-state index in [4.69, 9.17) is 9.47 Å². The van der Waals surface area contributed by atoms with Crippen molar-refractivity contribution in [2.45, 2.75) is 58.5 Å². The van der Waals surface area contributed by atoms with Crippen molar-refractivity contribution in [1.29, 1.82) is 0 Å². The first-order chi connectivity index (χ1) is 15.1. The van der Waals surface area contributed by atoms with Gasteiger partial charge in [0.15, 0.2) is 0 Å². The van der Waals surface area contributed by atoms with Gasteiger partial charge < -0.3 is 14.4 Å². The van der Waals surface area contributed by atoms with Crippen molar-refractivity contribution in [1.82, 2.24) is 4.90 Å². The number of anilines is 1. The number of fused-ring (bicyclic) bond motifs is 1. The minimum atomic E-state index is -0.838. The molecule has 32 heavy (non-hydrogen) atoms. The minimum Gasteiger partial charge on any atom is -0.444 e. The van der Waals surface area contributed by atoms with Crippen LogP contribution in [0.1, 0.15) is 45.7 Å². The Labute approximate surface area is 189 Å². The predicted molar refractivity (Wildman–Crippen MR) is 124 cm³/mol. The summed E-state index contributed by atoms with van der Waals surface area (Å²) in [4.78, 5) is 29.9. The first-order valence-corrected chi connectivity index (χ1v) is 10.9. The van der Waals surface area contributed by atoms with Crippen LogP contribution >= 0.6 is 0 Å². The number of benzene rings is 2. The van der Waals surface area contributed by atoms with Crippen molar-refractivity contribution in [2.24, 2.45) is 0 Å². The molecule has 2 aliphatic rings. The van der Waals surface area contributed by atoms with Crippen LogP contribution in [0.3, 0.4) is 0 Å². The molecule has 6 heteroatoms. The molecule has 0 saturated carbocycles. The Morgan fingerprint density at radius 3 is 2.47 bits per heavy atom. The zero-order valence-electron chi connectivity index (χ0n) is 19.3. The molecule has 1 saturated heterocycles. The highest BCUT2D eigenvalue weighted by Crippen LogP contribution is 2.39. The van der Waals surface area contributed by atoms with Gasteiger partial charge >= 0.3 is 6.09 Å². The molecule has 0 radical (unpaired) electrons. The average Bonchev–Trinajstić information content (AvgIpc) is 3.16. The molecule has 2 heterocycles. The lowest BCUT2D eigenvalue weighted by Gasteiger charge is -2.34. The number of rotatable bonds is 3. The van der Waals surface area contributed by atoms with Crippen molar-refractivity contribution >= 4 is 23.3 Å². The monoisotopic (exact) mass is 434 g/mol. The summed E-state index contributed by atoms with van der Waals surface area (Å²) in [6, 6.07) is 17.3. The number of nitrogens with zero attached hydrogens (tertiary/aromatic N) is 2. The lowest BCUT2D eigenvalue weighted by molar-refractivity contribution is -0.113. The van der Waals surface area contributed by atoms with Crippen molar-refractivity contribution < 1.29 is 19.1 Å². The van der Waals surface area contributed by atoms with E-state index in [1.54, 1.807) is 9.80 Å². The Bertz CT molecular complexity index is 1050. The standard InChI is InChI=1S/C26H30N2O4/c1-25(2,3)32-24(30)28-19(17-31-26(28,4)5)15-21-20-13-9-10-14-22(20)27(23(21)29)16-18-11-7-6-8-12-18/h6-15,19H,16-17H2,1-5H3/b21-15+/t19-/m1/s1. The molecule has 2 aromatic carbocycles. The third-order valence-corrected chi connectivity index (χ3v) is 5.61. The number of carbonyl (C=O) groups is 2. The molecule has 168 valence electrons. The second-order valence-corrected chi connectivity index (χ2v) is 9.65. The van der Waals surface area contributed by atoms with Crippen LogP contribution in [-0.2, 0) is 20.8 Å². The Kier molecular flexibility index (Phi) is 5.59. The highest BCUT2D eigenvalue weighted by Gasteiger charge is 2.46. The molecule has 1 atom stereocenters. The van der Waals surface area contributed by atoms with E-state index in [0.717, 1.165) is 16.8 Å². The maximum atomic E-state index is 13.5. The molecule has 1 fully saturated rings. The fourth-order valence-corrected chi connectivity index (χ4v) is 4.20. The molecule has 0 N–H and O–H groups in total. The maximum Gasteiger partial charge on any atom is 0.413 e. The van der Waals surface area contributed by atoms with E-state index in [-0.39, 0.29) is 5.91 Å². The fourth-order valence-electron chi connectivity index (χ4n) is 4.20. The van der Waals surface area contributed by atoms with Gasteiger partial charge in [0.05, 0.1) is 24.9 Å². The molecule has 6 nitrogen and oxygen atoms in total. The first-order valence-electron chi connectivity index (χ1n) is 10.9. The summed E-state index contributed by atoms with van der Waals surface area (Å²) < 4.78 is 11.5. The average molecular weight is 435 g/mol. The Hall–Kier alpha value is -3.12. The third kappa shape index (κ3) is 4.28. The Morgan fingerprint density at radius 2 is 1.78 bits per heavy atom. The summed E-state index contributed by atoms with van der Waals surface area (Å²) >= 11 is 0. The van der Waals surface area contributed by atoms with Gasteiger partial charge in [-0.1, -0.05) is 48.5 Å². The summed E-state index contributed by atoms with van der Waals surface area (Å²) in [6.45, 7) is 9.95. The normalized spacial score (nSPS) is 21.2. The highest BCUT2D eigenvalue weighted by molar-refractivity contribution is 6.32. The lowest BCUT2D eigenvalue weighted by atomic mass is 10.0. The minimum absolute atomic E-state index is 0.0797. The Morgan fingerprint density at radius 1 is 1.12 bits per heavy atom. The highest BCUT2D eigenvalue weighted by atomic mass is 16.6. The van der Waals surface area contributed by atoms with E-state index in [1.807, 2.05) is 95.3 Å². The molecule has 2 aromatic rings. The smallest absolute Gasteiger partial charge is 0.413 e. The number of hydrogen-bond donors (Lipinski definition) is 0. The fraction of sp³-hybridized carbons (Fsp3) is 0.385. The van der Waals surface area contributed by atoms with Crippen LogP contribution in [0.4, 0.5) is 10.5 Å². The molecule has 0 spiro atoms. The lowest BCUT2D eigenvalue weighted by Crippen LogP contribution is -2.49. The van der Waals surface area contributed by atoms with Crippen LogP contribution in [0.15, 0.2) is 60.7 Å². The molecule has 0 aliphatic carbocycles. The zero-order valence-corrected chi connectivity index (χ0v) is 19.3. The van der Waals surface area contributed by atoms with Gasteiger partial charge in [-0.2, -0.15) is 0 Å². The Balaban J connectivity index is 1.68. The summed E-state index contributed by atoms with van der Waals surface area (Å²) in [7, 11) is 0.